The van der Waals surface area contributed by atoms with Gasteiger partial charge < -0.3 is 20.9 Å². The smallest absolute Gasteiger partial charge is 0.256 e. The molecule has 0 aliphatic rings. The molecule has 6 nitrogen and oxygen atoms in total. The van der Waals surface area contributed by atoms with Gasteiger partial charge in [0, 0.05) is 10.7 Å². The van der Waals surface area contributed by atoms with Gasteiger partial charge in [-0.05, 0) is 26.0 Å². The van der Waals surface area contributed by atoms with E-state index in [0.717, 1.165) is 5.56 Å². The van der Waals surface area contributed by atoms with Crippen LogP contribution in [0.3, 0.4) is 0 Å². The summed E-state index contributed by atoms with van der Waals surface area (Å²) in [5, 5.41) is 6.68. The van der Waals surface area contributed by atoms with Crippen LogP contribution in [0, 0.1) is 0 Å². The zero-order valence-corrected chi connectivity index (χ0v) is 11.9. The van der Waals surface area contributed by atoms with Gasteiger partial charge in [0.05, 0.1) is 18.2 Å². The molecule has 1 rings (SSSR count). The maximum Gasteiger partial charge on any atom is 0.256 e. The third kappa shape index (κ3) is 4.67. The Balaban J connectivity index is 3.08. The van der Waals surface area contributed by atoms with E-state index in [-0.39, 0.29) is 12.1 Å². The lowest BCUT2D eigenvalue weighted by Crippen LogP contribution is -2.63. The monoisotopic (exact) mass is 285 g/mol. The van der Waals surface area contributed by atoms with Crippen LogP contribution in [0.2, 0.25) is 5.02 Å². The Morgan fingerprint density at radius 1 is 1.42 bits per heavy atom. The molecule has 1 aromatic carbocycles. The number of nitrogens with one attached hydrogen (secondary N) is 1. The van der Waals surface area contributed by atoms with Crippen LogP contribution in [0.4, 0.5) is 0 Å². The minimum Gasteiger partial charge on any atom is -0.493 e. The number of hydrogen-bond donors (Lipinski definition) is 3. The van der Waals surface area contributed by atoms with Crippen LogP contribution in [0.25, 0.3) is 0 Å². The second kappa shape index (κ2) is 6.84. The molecular weight excluding hydrogens is 268 g/mol. The summed E-state index contributed by atoms with van der Waals surface area (Å²) < 4.78 is 10.9. The van der Waals surface area contributed by atoms with Crippen molar-refractivity contribution < 1.29 is 14.6 Å². The molecule has 0 aromatic heterocycles. The molecule has 0 atom stereocenters. The van der Waals surface area contributed by atoms with E-state index >= 15 is 0 Å². The average molecular weight is 286 g/mol. The fourth-order valence-corrected chi connectivity index (χ4v) is 1.62. The molecule has 0 saturated carbocycles. The summed E-state index contributed by atoms with van der Waals surface area (Å²) in [5.74, 6) is 0.992. The van der Waals surface area contributed by atoms with E-state index in [2.05, 4.69) is 10.2 Å². The molecule has 0 unspecified atom stereocenters. The highest BCUT2D eigenvalue weighted by Crippen LogP contribution is 2.36. The largest absolute Gasteiger partial charge is 0.493 e. The van der Waals surface area contributed by atoms with Crippen LogP contribution in [0.5, 0.6) is 11.5 Å². The topological polar surface area (TPSA) is 96.8 Å². The summed E-state index contributed by atoms with van der Waals surface area (Å²) >= 11 is 6.16. The average Bonchev–Trinajstić information content (AvgIpc) is 2.31. The molecule has 0 amide bonds. The van der Waals surface area contributed by atoms with E-state index in [1.165, 1.54) is 0 Å². The molecule has 0 fully saturated rings. The Labute approximate surface area is 117 Å². The summed E-state index contributed by atoms with van der Waals surface area (Å²) in [5.41, 5.74) is 11.1. The summed E-state index contributed by atoms with van der Waals surface area (Å²) in [6.07, 6.45) is 1.59. The molecule has 1 aromatic rings. The maximum atomic E-state index is 6.16. The molecule has 0 radical (unpaired) electrons. The minimum absolute atomic E-state index is 0.000920. The quantitative estimate of drug-likeness (QED) is 0.397. The standard InChI is InChI=1S/C12H17ClN4O2/c1-7(2)19-11-9(13)4-8(5-10(11)18-3)6-16-17-12(14)15/h4-7H,1-3H3,(H4,14,15,17)/p+1/b16-6-. The van der Waals surface area contributed by atoms with Crippen LogP contribution in [-0.2, 0) is 0 Å². The number of nitrogens with two attached hydrogens (primary N) is 2. The summed E-state index contributed by atoms with van der Waals surface area (Å²) in [6, 6.07) is 3.48. The predicted octanol–water partition coefficient (Wildman–Crippen LogP) is -0.176. The Kier molecular flexibility index (Phi) is 5.44. The number of hydrogen-bond acceptors (Lipinski definition) is 3. The first-order valence-corrected chi connectivity index (χ1v) is 6.03. The lowest BCUT2D eigenvalue weighted by Gasteiger charge is -2.15. The molecule has 0 aliphatic heterocycles. The fourth-order valence-electron chi connectivity index (χ4n) is 1.35. The van der Waals surface area contributed by atoms with E-state index in [4.69, 9.17) is 32.5 Å². The molecule has 7 heteroatoms. The maximum absolute atomic E-state index is 6.16. The number of guanidine groups is 1. The number of benzene rings is 1. The van der Waals surface area contributed by atoms with Crippen molar-refractivity contribution in [2.75, 3.05) is 7.11 Å². The highest BCUT2D eigenvalue weighted by Gasteiger charge is 2.13. The van der Waals surface area contributed by atoms with Crippen molar-refractivity contribution >= 4 is 23.8 Å². The van der Waals surface area contributed by atoms with Gasteiger partial charge in [0.25, 0.3) is 5.96 Å². The van der Waals surface area contributed by atoms with Crippen LogP contribution >= 0.6 is 11.6 Å². The first-order chi connectivity index (χ1) is 8.93. The number of methoxy groups -OCH3 is 1. The first-order valence-electron chi connectivity index (χ1n) is 5.65. The molecule has 5 N–H and O–H groups in total. The van der Waals surface area contributed by atoms with Crippen LogP contribution < -0.4 is 26.0 Å². The number of hydrazone groups is 1. The Morgan fingerprint density at radius 3 is 2.63 bits per heavy atom. The lowest BCUT2D eigenvalue weighted by atomic mass is 10.2. The van der Waals surface area contributed by atoms with Crippen LogP contribution in [0.15, 0.2) is 17.2 Å². The predicted molar refractivity (Wildman–Crippen MR) is 75.7 cm³/mol. The van der Waals surface area contributed by atoms with Crippen molar-refractivity contribution in [2.24, 2.45) is 16.6 Å². The highest BCUT2D eigenvalue weighted by molar-refractivity contribution is 6.32. The number of ether oxygens (including phenoxy) is 2. The molecule has 0 spiro atoms. The molecule has 19 heavy (non-hydrogen) atoms. The van der Waals surface area contributed by atoms with Crippen molar-refractivity contribution in [1.29, 1.82) is 0 Å². The van der Waals surface area contributed by atoms with Gasteiger partial charge in [0.1, 0.15) is 0 Å². The van der Waals surface area contributed by atoms with Crippen molar-refractivity contribution in [3.8, 4) is 11.5 Å². The van der Waals surface area contributed by atoms with Gasteiger partial charge in [-0.1, -0.05) is 11.6 Å². The van der Waals surface area contributed by atoms with E-state index in [9.17, 15) is 0 Å². The van der Waals surface area contributed by atoms with E-state index in [1.807, 2.05) is 13.8 Å². The Hall–Kier alpha value is -1.95. The SMILES string of the molecule is COc1cc(/C=[NH+]\N=C(N)N)cc(Cl)c1OC(C)C. The zero-order valence-electron chi connectivity index (χ0n) is 11.1. The molecule has 0 saturated heterocycles. The van der Waals surface area contributed by atoms with Gasteiger partial charge in [-0.25, -0.2) is 0 Å². The Morgan fingerprint density at radius 2 is 2.11 bits per heavy atom. The van der Waals surface area contributed by atoms with Crippen molar-refractivity contribution in [2.45, 2.75) is 20.0 Å². The molecule has 0 heterocycles. The summed E-state index contributed by atoms with van der Waals surface area (Å²) in [6.45, 7) is 3.83. The molecule has 0 bridgehead atoms. The normalized spacial score (nSPS) is 10.8. The van der Waals surface area contributed by atoms with Gasteiger partial charge in [-0.2, -0.15) is 0 Å². The highest BCUT2D eigenvalue weighted by atomic mass is 35.5. The summed E-state index contributed by atoms with van der Waals surface area (Å²) in [4.78, 5) is 0. The van der Waals surface area contributed by atoms with Crippen molar-refractivity contribution in [3.63, 3.8) is 0 Å². The third-order valence-electron chi connectivity index (χ3n) is 2.03. The second-order valence-electron chi connectivity index (χ2n) is 4.01. The van der Waals surface area contributed by atoms with E-state index < -0.39 is 0 Å². The van der Waals surface area contributed by atoms with Crippen molar-refractivity contribution in [3.05, 3.63) is 22.7 Å². The number of rotatable bonds is 5. The van der Waals surface area contributed by atoms with Gasteiger partial charge in [-0.15, -0.1) is 5.10 Å². The molecule has 0 aliphatic carbocycles. The molecular formula is C12H18ClN4O2+. The lowest BCUT2D eigenvalue weighted by molar-refractivity contribution is -0.456. The van der Waals surface area contributed by atoms with E-state index in [1.54, 1.807) is 25.5 Å². The molecule has 104 valence electrons. The van der Waals surface area contributed by atoms with Gasteiger partial charge in [0.15, 0.2) is 11.5 Å². The van der Waals surface area contributed by atoms with E-state index in [0.29, 0.717) is 16.5 Å². The third-order valence-corrected chi connectivity index (χ3v) is 2.31. The Bertz CT molecular complexity index is 497. The van der Waals surface area contributed by atoms with Gasteiger partial charge >= 0.3 is 0 Å². The summed E-state index contributed by atoms with van der Waals surface area (Å²) in [7, 11) is 1.55. The zero-order chi connectivity index (χ0) is 14.4. The van der Waals surface area contributed by atoms with Gasteiger partial charge in [-0.3, -0.25) is 0 Å². The first kappa shape index (κ1) is 15.1. The minimum atomic E-state index is -0.0610. The second-order valence-corrected chi connectivity index (χ2v) is 4.42. The number of halogens is 1. The fraction of sp³-hybridized carbons (Fsp3) is 0.333. The van der Waals surface area contributed by atoms with Crippen molar-refractivity contribution in [1.82, 2.24) is 0 Å². The van der Waals surface area contributed by atoms with Crippen LogP contribution in [-0.4, -0.2) is 25.4 Å². The van der Waals surface area contributed by atoms with Gasteiger partial charge in [0.2, 0.25) is 6.21 Å². The number of nitrogens with zero attached hydrogens (tertiary/aromatic N) is 1. The van der Waals surface area contributed by atoms with Crippen LogP contribution in [0.1, 0.15) is 19.4 Å².